The molecule has 3 fully saturated rings. The smallest absolute Gasteiger partial charge is 0.251 e. The van der Waals surface area contributed by atoms with Crippen LogP contribution in [0.4, 0.5) is 11.5 Å². The lowest BCUT2D eigenvalue weighted by molar-refractivity contribution is 0.0924. The van der Waals surface area contributed by atoms with E-state index in [-0.39, 0.29) is 17.7 Å². The third kappa shape index (κ3) is 4.88. The lowest BCUT2D eigenvalue weighted by Gasteiger charge is -2.40. The Morgan fingerprint density at radius 2 is 1.63 bits per heavy atom. The van der Waals surface area contributed by atoms with Crippen molar-refractivity contribution in [3.63, 3.8) is 0 Å². The van der Waals surface area contributed by atoms with E-state index in [9.17, 15) is 14.4 Å². The number of anilines is 2. The molecule has 2 aliphatic heterocycles. The fraction of sp³-hybridized carbons (Fsp3) is 0.481. The Hall–Kier alpha value is -3.42. The maximum absolute atomic E-state index is 13.2. The zero-order chi connectivity index (χ0) is 24.5. The Bertz CT molecular complexity index is 1110. The number of hydrogen-bond donors (Lipinski definition) is 3. The number of piperidine rings is 1. The largest absolute Gasteiger partial charge is 0.382 e. The first kappa shape index (κ1) is 23.3. The Balaban J connectivity index is 1.26. The second-order valence-corrected chi connectivity index (χ2v) is 10.1. The van der Waals surface area contributed by atoms with Gasteiger partial charge in [-0.15, -0.1) is 0 Å². The highest BCUT2D eigenvalue weighted by Crippen LogP contribution is 2.38. The number of amides is 2. The van der Waals surface area contributed by atoms with Crippen LogP contribution in [-0.2, 0) is 0 Å². The van der Waals surface area contributed by atoms with Gasteiger partial charge in [0.2, 0.25) is 0 Å². The van der Waals surface area contributed by atoms with E-state index in [1.165, 1.54) is 12.8 Å². The van der Waals surface area contributed by atoms with Gasteiger partial charge in [-0.2, -0.15) is 0 Å². The van der Waals surface area contributed by atoms with Gasteiger partial charge in [0.1, 0.15) is 5.82 Å². The second kappa shape index (κ2) is 9.68. The van der Waals surface area contributed by atoms with Crippen LogP contribution in [0.2, 0.25) is 0 Å². The number of fused-ring (bicyclic) bond motifs is 2. The topological polar surface area (TPSA) is 117 Å². The predicted molar refractivity (Wildman–Crippen MR) is 135 cm³/mol. The molecule has 2 bridgehead atoms. The molecule has 2 aromatic rings. The molecule has 184 valence electrons. The third-order valence-electron chi connectivity index (χ3n) is 7.75. The van der Waals surface area contributed by atoms with Gasteiger partial charge in [-0.3, -0.25) is 14.4 Å². The van der Waals surface area contributed by atoms with E-state index >= 15 is 0 Å². The van der Waals surface area contributed by atoms with Crippen LogP contribution in [-0.4, -0.2) is 46.7 Å². The van der Waals surface area contributed by atoms with Gasteiger partial charge < -0.3 is 21.3 Å². The molecule has 5 rings (SSSR count). The molecule has 2 unspecified atom stereocenters. The molecule has 1 aromatic heterocycles. The van der Waals surface area contributed by atoms with Gasteiger partial charge in [-0.1, -0.05) is 12.8 Å². The van der Waals surface area contributed by atoms with Crippen molar-refractivity contribution in [2.24, 2.45) is 5.73 Å². The van der Waals surface area contributed by atoms with Crippen LogP contribution in [0.15, 0.2) is 36.5 Å². The third-order valence-corrected chi connectivity index (χ3v) is 7.75. The van der Waals surface area contributed by atoms with Gasteiger partial charge in [0.15, 0.2) is 5.78 Å². The summed E-state index contributed by atoms with van der Waals surface area (Å²) in [7, 11) is 0. The highest BCUT2D eigenvalue weighted by molar-refractivity contribution is 6.02. The van der Waals surface area contributed by atoms with Gasteiger partial charge in [-0.25, -0.2) is 4.98 Å². The molecule has 35 heavy (non-hydrogen) atoms. The molecule has 2 amide bonds. The van der Waals surface area contributed by atoms with E-state index in [1.54, 1.807) is 31.3 Å². The van der Waals surface area contributed by atoms with Crippen molar-refractivity contribution in [3.05, 3.63) is 53.2 Å². The number of pyridine rings is 1. The average molecular weight is 476 g/mol. The van der Waals surface area contributed by atoms with Crippen LogP contribution in [0, 0.1) is 0 Å². The molecule has 3 heterocycles. The first-order valence-electron chi connectivity index (χ1n) is 12.7. The molecule has 0 spiro atoms. The minimum absolute atomic E-state index is 0.0129. The van der Waals surface area contributed by atoms with Crippen LogP contribution < -0.4 is 21.3 Å². The van der Waals surface area contributed by atoms with E-state index < -0.39 is 5.91 Å². The number of nitrogens with zero attached hydrogens (tertiary/aromatic N) is 2. The molecule has 4 N–H and O–H groups in total. The van der Waals surface area contributed by atoms with Gasteiger partial charge in [-0.05, 0) is 75.8 Å². The lowest BCUT2D eigenvalue weighted by atomic mass is 9.96. The summed E-state index contributed by atoms with van der Waals surface area (Å²) in [6, 6.07) is 9.87. The van der Waals surface area contributed by atoms with E-state index in [0.29, 0.717) is 40.5 Å². The number of carbonyl (C=O) groups excluding carboxylic acids is 3. The van der Waals surface area contributed by atoms with Crippen molar-refractivity contribution in [1.29, 1.82) is 0 Å². The molecule has 2 saturated heterocycles. The van der Waals surface area contributed by atoms with Crippen molar-refractivity contribution in [2.45, 2.75) is 82.5 Å². The normalized spacial score (nSPS) is 23.8. The number of aromatic nitrogens is 1. The molecule has 0 radical (unpaired) electrons. The van der Waals surface area contributed by atoms with Crippen molar-refractivity contribution in [1.82, 2.24) is 10.3 Å². The van der Waals surface area contributed by atoms with Gasteiger partial charge in [0.05, 0.1) is 5.56 Å². The number of benzene rings is 1. The summed E-state index contributed by atoms with van der Waals surface area (Å²) in [5, 5.41) is 6.66. The number of hydrogen-bond acceptors (Lipinski definition) is 6. The zero-order valence-electron chi connectivity index (χ0n) is 20.1. The molecule has 1 saturated carbocycles. The first-order chi connectivity index (χ1) is 16.9. The number of nitrogens with one attached hydrogen (secondary N) is 2. The van der Waals surface area contributed by atoms with E-state index in [1.807, 2.05) is 12.1 Å². The van der Waals surface area contributed by atoms with Crippen LogP contribution in [0.5, 0.6) is 0 Å². The van der Waals surface area contributed by atoms with Crippen molar-refractivity contribution >= 4 is 29.1 Å². The summed E-state index contributed by atoms with van der Waals surface area (Å²) in [5.74, 6) is 0.291. The molecular formula is C27H33N5O3. The summed E-state index contributed by atoms with van der Waals surface area (Å²) in [5.41, 5.74) is 7.80. The average Bonchev–Trinajstić information content (AvgIpc) is 3.44. The number of Topliss-reactive ketones (excluding diaryl/α,β-unsaturated/α-hetero) is 1. The number of ketones is 1. The van der Waals surface area contributed by atoms with Gasteiger partial charge in [0.25, 0.3) is 11.8 Å². The lowest BCUT2D eigenvalue weighted by Crippen LogP contribution is -2.50. The van der Waals surface area contributed by atoms with Crippen LogP contribution in [0.1, 0.15) is 89.4 Å². The number of carbonyl (C=O) groups is 3. The molecule has 1 aliphatic carbocycles. The number of primary amides is 1. The minimum Gasteiger partial charge on any atom is -0.382 e. The Morgan fingerprint density at radius 1 is 0.943 bits per heavy atom. The van der Waals surface area contributed by atoms with E-state index in [0.717, 1.165) is 44.3 Å². The van der Waals surface area contributed by atoms with Crippen molar-refractivity contribution in [3.8, 4) is 0 Å². The Labute approximate surface area is 205 Å². The molecule has 3 aliphatic rings. The van der Waals surface area contributed by atoms with Crippen LogP contribution >= 0.6 is 0 Å². The van der Waals surface area contributed by atoms with E-state index in [2.05, 4.69) is 20.5 Å². The predicted octanol–water partition coefficient (Wildman–Crippen LogP) is 3.67. The standard InChI is InChI=1S/C27H33N5O3/c1-16(33)18-7-11-25(29-15-18)32-21-8-9-22(32)14-20(13-21)31-27(35)17-6-10-23(26(28)34)24(12-17)30-19-4-2-3-5-19/h6-7,10-12,15,19-22,30H,2-5,8-9,13-14H2,1H3,(H2,28,34)(H,31,35). The number of rotatable bonds is 7. The monoisotopic (exact) mass is 475 g/mol. The summed E-state index contributed by atoms with van der Waals surface area (Å²) in [6.45, 7) is 1.55. The van der Waals surface area contributed by atoms with Crippen molar-refractivity contribution in [2.75, 3.05) is 10.2 Å². The molecule has 8 heteroatoms. The first-order valence-corrected chi connectivity index (χ1v) is 12.7. The number of nitrogens with two attached hydrogens (primary N) is 1. The highest BCUT2D eigenvalue weighted by Gasteiger charge is 2.41. The molecule has 2 atom stereocenters. The fourth-order valence-electron chi connectivity index (χ4n) is 5.99. The maximum atomic E-state index is 13.2. The van der Waals surface area contributed by atoms with Gasteiger partial charge in [0, 0.05) is 47.2 Å². The Morgan fingerprint density at radius 3 is 2.23 bits per heavy atom. The quantitative estimate of drug-likeness (QED) is 0.526. The van der Waals surface area contributed by atoms with Crippen molar-refractivity contribution < 1.29 is 14.4 Å². The Kier molecular flexibility index (Phi) is 6.45. The fourth-order valence-corrected chi connectivity index (χ4v) is 5.99. The maximum Gasteiger partial charge on any atom is 0.251 e. The molecule has 8 nitrogen and oxygen atoms in total. The van der Waals surface area contributed by atoms with Crippen LogP contribution in [0.3, 0.4) is 0 Å². The van der Waals surface area contributed by atoms with Crippen LogP contribution in [0.25, 0.3) is 0 Å². The van der Waals surface area contributed by atoms with Gasteiger partial charge >= 0.3 is 0 Å². The summed E-state index contributed by atoms with van der Waals surface area (Å²) >= 11 is 0. The minimum atomic E-state index is -0.494. The van der Waals surface area contributed by atoms with E-state index in [4.69, 9.17) is 5.73 Å². The molecular weight excluding hydrogens is 442 g/mol. The zero-order valence-corrected chi connectivity index (χ0v) is 20.1. The summed E-state index contributed by atoms with van der Waals surface area (Å²) in [6.07, 6.45) is 9.94. The highest BCUT2D eigenvalue weighted by atomic mass is 16.2. The summed E-state index contributed by atoms with van der Waals surface area (Å²) < 4.78 is 0. The molecule has 1 aromatic carbocycles. The summed E-state index contributed by atoms with van der Waals surface area (Å²) in [4.78, 5) is 43.6. The SMILES string of the molecule is CC(=O)c1ccc(N2C3CCC2CC(NC(=O)c2ccc(C(N)=O)c(NC4CCCC4)c2)C3)nc1. The second-order valence-electron chi connectivity index (χ2n) is 10.1.